The quantitative estimate of drug-likeness (QED) is 0.687. The van der Waals surface area contributed by atoms with E-state index in [1.165, 1.54) is 6.42 Å². The number of rotatable bonds is 2. The van der Waals surface area contributed by atoms with Gasteiger partial charge >= 0.3 is 0 Å². The first-order valence-corrected chi connectivity index (χ1v) is 4.57. The molecular formula is C8H10N4S. The number of thiocarbonyl (C=S) groups is 1. The van der Waals surface area contributed by atoms with Crippen LogP contribution in [0.2, 0.25) is 0 Å². The van der Waals surface area contributed by atoms with Gasteiger partial charge < -0.3 is 10.6 Å². The molecule has 1 aromatic heterocycles. The lowest BCUT2D eigenvalue weighted by Crippen LogP contribution is -2.37. The zero-order chi connectivity index (χ0) is 9.26. The van der Waals surface area contributed by atoms with E-state index in [0.29, 0.717) is 10.7 Å². The van der Waals surface area contributed by atoms with Crippen molar-refractivity contribution in [3.63, 3.8) is 0 Å². The Hall–Kier alpha value is -1.23. The van der Waals surface area contributed by atoms with Gasteiger partial charge in [0.1, 0.15) is 10.7 Å². The molecule has 0 unspecified atom stereocenters. The largest absolute Gasteiger partial charge is 0.388 e. The second-order valence-corrected chi connectivity index (χ2v) is 3.42. The Bertz CT molecular complexity index is 317. The van der Waals surface area contributed by atoms with Crippen LogP contribution in [0.1, 0.15) is 12.1 Å². The van der Waals surface area contributed by atoms with Gasteiger partial charge in [0.05, 0.1) is 0 Å². The van der Waals surface area contributed by atoms with Crippen molar-refractivity contribution < 1.29 is 0 Å². The number of hydrogen-bond donors (Lipinski definition) is 1. The minimum Gasteiger partial charge on any atom is -0.388 e. The summed E-state index contributed by atoms with van der Waals surface area (Å²) < 4.78 is 0. The summed E-state index contributed by atoms with van der Waals surface area (Å²) >= 11 is 4.78. The second-order valence-electron chi connectivity index (χ2n) is 2.98. The Morgan fingerprint density at radius 2 is 2.15 bits per heavy atom. The maximum Gasteiger partial charge on any atom is 0.151 e. The molecule has 1 saturated heterocycles. The van der Waals surface area contributed by atoms with Crippen LogP contribution in [0.15, 0.2) is 12.1 Å². The van der Waals surface area contributed by atoms with E-state index >= 15 is 0 Å². The molecule has 13 heavy (non-hydrogen) atoms. The van der Waals surface area contributed by atoms with Gasteiger partial charge in [0.15, 0.2) is 5.82 Å². The summed E-state index contributed by atoms with van der Waals surface area (Å²) in [5.41, 5.74) is 5.98. The fourth-order valence-corrected chi connectivity index (χ4v) is 1.28. The second kappa shape index (κ2) is 3.26. The maximum atomic E-state index is 5.40. The number of nitrogens with zero attached hydrogens (tertiary/aromatic N) is 3. The fraction of sp³-hybridized carbons (Fsp3) is 0.375. The van der Waals surface area contributed by atoms with E-state index in [2.05, 4.69) is 15.1 Å². The first kappa shape index (κ1) is 8.37. The standard InChI is InChI=1S/C8H10N4S/c9-8(13)6-2-3-7(11-10-6)12-4-1-5-12/h2-3H,1,4-5H2,(H2,9,13). The highest BCUT2D eigenvalue weighted by atomic mass is 32.1. The first-order chi connectivity index (χ1) is 6.27. The molecule has 0 spiro atoms. The number of hydrogen-bond acceptors (Lipinski definition) is 4. The molecule has 1 fully saturated rings. The van der Waals surface area contributed by atoms with Gasteiger partial charge in [0, 0.05) is 13.1 Å². The van der Waals surface area contributed by atoms with Crippen LogP contribution in [0, 0.1) is 0 Å². The van der Waals surface area contributed by atoms with Crippen molar-refractivity contribution in [1.29, 1.82) is 0 Å². The van der Waals surface area contributed by atoms with E-state index in [9.17, 15) is 0 Å². The number of aromatic nitrogens is 2. The summed E-state index contributed by atoms with van der Waals surface area (Å²) in [6.07, 6.45) is 1.23. The highest BCUT2D eigenvalue weighted by molar-refractivity contribution is 7.80. The van der Waals surface area contributed by atoms with E-state index in [4.69, 9.17) is 18.0 Å². The predicted octanol–water partition coefficient (Wildman–Crippen LogP) is 0.321. The zero-order valence-corrected chi connectivity index (χ0v) is 7.92. The molecule has 0 bridgehead atoms. The van der Waals surface area contributed by atoms with Gasteiger partial charge in [-0.1, -0.05) is 12.2 Å². The Morgan fingerprint density at radius 1 is 1.38 bits per heavy atom. The molecule has 1 aromatic rings. The molecule has 68 valence electrons. The summed E-state index contributed by atoms with van der Waals surface area (Å²) in [7, 11) is 0. The minimum absolute atomic E-state index is 0.294. The maximum absolute atomic E-state index is 5.40. The van der Waals surface area contributed by atoms with Crippen molar-refractivity contribution in [2.75, 3.05) is 18.0 Å². The molecule has 0 aliphatic carbocycles. The lowest BCUT2D eigenvalue weighted by molar-refractivity contribution is 0.605. The smallest absolute Gasteiger partial charge is 0.151 e. The SMILES string of the molecule is NC(=S)c1ccc(N2CCC2)nn1. The van der Waals surface area contributed by atoms with Crippen LogP contribution in [0.3, 0.4) is 0 Å². The van der Waals surface area contributed by atoms with Gasteiger partial charge in [-0.25, -0.2) is 0 Å². The molecule has 0 aromatic carbocycles. The van der Waals surface area contributed by atoms with Gasteiger partial charge in [0.2, 0.25) is 0 Å². The van der Waals surface area contributed by atoms with Gasteiger partial charge in [-0.05, 0) is 18.6 Å². The first-order valence-electron chi connectivity index (χ1n) is 4.16. The van der Waals surface area contributed by atoms with E-state index in [1.54, 1.807) is 0 Å². The minimum atomic E-state index is 0.294. The molecule has 0 amide bonds. The van der Waals surface area contributed by atoms with Crippen molar-refractivity contribution in [3.05, 3.63) is 17.8 Å². The van der Waals surface area contributed by atoms with Crippen molar-refractivity contribution in [1.82, 2.24) is 10.2 Å². The third-order valence-corrected chi connectivity index (χ3v) is 2.29. The average molecular weight is 194 g/mol. The van der Waals surface area contributed by atoms with E-state index in [1.807, 2.05) is 12.1 Å². The lowest BCUT2D eigenvalue weighted by Gasteiger charge is -2.31. The van der Waals surface area contributed by atoms with Gasteiger partial charge in [-0.2, -0.15) is 0 Å². The third kappa shape index (κ3) is 1.60. The van der Waals surface area contributed by atoms with E-state index in [-0.39, 0.29) is 0 Å². The average Bonchev–Trinajstić information content (AvgIpc) is 2.02. The summed E-state index contributed by atoms with van der Waals surface area (Å²) in [5, 5.41) is 7.95. The van der Waals surface area contributed by atoms with Crippen LogP contribution in [0.5, 0.6) is 0 Å². The summed E-state index contributed by atoms with van der Waals surface area (Å²) in [6.45, 7) is 2.14. The van der Waals surface area contributed by atoms with Crippen molar-refractivity contribution in [3.8, 4) is 0 Å². The Balaban J connectivity index is 2.17. The highest BCUT2D eigenvalue weighted by Gasteiger charge is 2.15. The number of anilines is 1. The molecule has 1 aliphatic rings. The Kier molecular flexibility index (Phi) is 2.10. The Morgan fingerprint density at radius 3 is 2.54 bits per heavy atom. The molecule has 0 saturated carbocycles. The van der Waals surface area contributed by atoms with E-state index < -0.39 is 0 Å². The van der Waals surface area contributed by atoms with E-state index in [0.717, 1.165) is 18.9 Å². The van der Waals surface area contributed by atoms with Crippen LogP contribution in [0.25, 0.3) is 0 Å². The van der Waals surface area contributed by atoms with Crippen molar-refractivity contribution in [2.45, 2.75) is 6.42 Å². The zero-order valence-electron chi connectivity index (χ0n) is 7.10. The fourth-order valence-electron chi connectivity index (χ4n) is 1.17. The topological polar surface area (TPSA) is 55.0 Å². The molecule has 0 radical (unpaired) electrons. The molecule has 2 rings (SSSR count). The van der Waals surface area contributed by atoms with Crippen molar-refractivity contribution >= 4 is 23.0 Å². The monoisotopic (exact) mass is 194 g/mol. The number of nitrogens with two attached hydrogens (primary N) is 1. The molecule has 2 heterocycles. The van der Waals surface area contributed by atoms with Crippen LogP contribution in [-0.2, 0) is 0 Å². The Labute approximate surface area is 81.8 Å². The summed E-state index contributed by atoms with van der Waals surface area (Å²) in [6, 6.07) is 3.71. The molecule has 0 atom stereocenters. The highest BCUT2D eigenvalue weighted by Crippen LogP contribution is 2.16. The van der Waals surface area contributed by atoms with Crippen LogP contribution >= 0.6 is 12.2 Å². The van der Waals surface area contributed by atoms with Gasteiger partial charge in [-0.15, -0.1) is 10.2 Å². The third-order valence-electron chi connectivity index (χ3n) is 2.08. The normalized spacial score (nSPS) is 15.2. The van der Waals surface area contributed by atoms with Gasteiger partial charge in [0.25, 0.3) is 0 Å². The summed E-state index contributed by atoms with van der Waals surface area (Å²) in [5.74, 6) is 0.909. The van der Waals surface area contributed by atoms with Crippen molar-refractivity contribution in [2.24, 2.45) is 5.73 Å². The van der Waals surface area contributed by atoms with Gasteiger partial charge in [-0.3, -0.25) is 0 Å². The van der Waals surface area contributed by atoms with Crippen LogP contribution in [-0.4, -0.2) is 28.3 Å². The van der Waals surface area contributed by atoms with Crippen LogP contribution < -0.4 is 10.6 Å². The molecule has 5 heteroatoms. The predicted molar refractivity (Wildman–Crippen MR) is 54.7 cm³/mol. The summed E-state index contributed by atoms with van der Waals surface area (Å²) in [4.78, 5) is 2.46. The molecular weight excluding hydrogens is 184 g/mol. The van der Waals surface area contributed by atoms with Crippen LogP contribution in [0.4, 0.5) is 5.82 Å². The lowest BCUT2D eigenvalue weighted by atomic mass is 10.2. The molecule has 2 N–H and O–H groups in total. The molecule has 4 nitrogen and oxygen atoms in total. The molecule has 1 aliphatic heterocycles.